The molecule has 0 aromatic heterocycles. The number of rotatable bonds is 6. The molecule has 1 saturated heterocycles. The van der Waals surface area contributed by atoms with Gasteiger partial charge in [0.25, 0.3) is 0 Å². The van der Waals surface area contributed by atoms with Crippen molar-refractivity contribution in [3.05, 3.63) is 58.9 Å². The van der Waals surface area contributed by atoms with Crippen LogP contribution in [0.15, 0.2) is 41.3 Å². The molecule has 0 spiro atoms. The second-order valence-corrected chi connectivity index (χ2v) is 8.47. The molecular weight excluding hydrogens is 389 g/mol. The predicted molar refractivity (Wildman–Crippen MR) is 113 cm³/mol. The van der Waals surface area contributed by atoms with Gasteiger partial charge in [-0.1, -0.05) is 18.2 Å². The van der Waals surface area contributed by atoms with E-state index in [-0.39, 0.29) is 23.5 Å². The Labute approximate surface area is 175 Å². The number of piperidine rings is 1. The molecule has 2 aromatic rings. The van der Waals surface area contributed by atoms with Gasteiger partial charge >= 0.3 is 0 Å². The van der Waals surface area contributed by atoms with E-state index in [4.69, 9.17) is 4.74 Å². The summed E-state index contributed by atoms with van der Waals surface area (Å²) < 4.78 is 20.3. The van der Waals surface area contributed by atoms with Gasteiger partial charge in [0.15, 0.2) is 5.78 Å². The number of hydrogen-bond donors (Lipinski definition) is 0. The van der Waals surface area contributed by atoms with Crippen molar-refractivity contribution in [1.82, 2.24) is 4.90 Å². The number of carbonyl (C=O) groups is 2. The number of ether oxygens (including phenoxy) is 1. The Morgan fingerprint density at radius 2 is 1.86 bits per heavy atom. The lowest BCUT2D eigenvalue weighted by molar-refractivity contribution is -0.130. The highest BCUT2D eigenvalue weighted by molar-refractivity contribution is 8.00. The zero-order valence-corrected chi connectivity index (χ0v) is 17.9. The molecule has 0 N–H and O–H groups in total. The molecule has 4 nitrogen and oxygen atoms in total. The van der Waals surface area contributed by atoms with E-state index in [1.807, 2.05) is 18.7 Å². The maximum absolute atomic E-state index is 14.1. The molecule has 1 aliphatic rings. The van der Waals surface area contributed by atoms with Gasteiger partial charge in [-0.3, -0.25) is 9.59 Å². The van der Waals surface area contributed by atoms with Crippen LogP contribution < -0.4 is 4.74 Å². The average Bonchev–Trinajstić information content (AvgIpc) is 2.70. The van der Waals surface area contributed by atoms with E-state index >= 15 is 0 Å². The number of nitrogens with zero attached hydrogens (tertiary/aromatic N) is 1. The highest BCUT2D eigenvalue weighted by Gasteiger charge is 2.24. The number of likely N-dealkylation sites (tertiary alicyclic amines) is 1. The third-order valence-corrected chi connectivity index (χ3v) is 6.15. The van der Waals surface area contributed by atoms with Crippen molar-refractivity contribution < 1.29 is 18.7 Å². The Kier molecular flexibility index (Phi) is 6.96. The first-order valence-corrected chi connectivity index (χ1v) is 10.8. The molecule has 6 heteroatoms. The fourth-order valence-corrected chi connectivity index (χ4v) is 4.13. The molecule has 1 fully saturated rings. The summed E-state index contributed by atoms with van der Waals surface area (Å²) in [6, 6.07) is 10.6. The number of aryl methyl sites for hydroxylation is 2. The van der Waals surface area contributed by atoms with E-state index in [0.29, 0.717) is 23.5 Å². The molecule has 2 aromatic carbocycles. The van der Waals surface area contributed by atoms with Gasteiger partial charge in [0.2, 0.25) is 5.91 Å². The van der Waals surface area contributed by atoms with Crippen molar-refractivity contribution in [1.29, 1.82) is 0 Å². The van der Waals surface area contributed by atoms with Crippen molar-refractivity contribution in [3.8, 4) is 5.75 Å². The molecule has 1 aliphatic heterocycles. The monoisotopic (exact) mass is 415 g/mol. The molecule has 1 amide bonds. The predicted octanol–water partition coefficient (Wildman–Crippen LogP) is 4.81. The van der Waals surface area contributed by atoms with Gasteiger partial charge in [0.05, 0.1) is 5.75 Å². The number of hydrogen-bond acceptors (Lipinski definition) is 4. The normalized spacial score (nSPS) is 14.7. The molecule has 0 saturated carbocycles. The van der Waals surface area contributed by atoms with E-state index < -0.39 is 5.82 Å². The van der Waals surface area contributed by atoms with E-state index in [1.54, 1.807) is 12.1 Å². The summed E-state index contributed by atoms with van der Waals surface area (Å²) in [4.78, 5) is 26.0. The number of Topliss-reactive ketones (excluding diaryl/α,β-unsaturated/α-hetero) is 1. The quantitative estimate of drug-likeness (QED) is 0.502. The van der Waals surface area contributed by atoms with Gasteiger partial charge in [-0.25, -0.2) is 4.39 Å². The van der Waals surface area contributed by atoms with Gasteiger partial charge in [-0.15, -0.1) is 11.8 Å². The lowest BCUT2D eigenvalue weighted by Crippen LogP contribution is -2.42. The van der Waals surface area contributed by atoms with Crippen LogP contribution in [0, 0.1) is 19.7 Å². The Balaban J connectivity index is 1.49. The number of amides is 1. The smallest absolute Gasteiger partial charge is 0.232 e. The Morgan fingerprint density at radius 3 is 2.52 bits per heavy atom. The molecule has 3 rings (SSSR count). The van der Waals surface area contributed by atoms with Crippen LogP contribution in [0.1, 0.15) is 41.3 Å². The number of benzene rings is 2. The summed E-state index contributed by atoms with van der Waals surface area (Å²) in [7, 11) is 0. The first-order valence-electron chi connectivity index (χ1n) is 9.78. The number of carbonyl (C=O) groups excluding carboxylic acids is 2. The molecular formula is C23H26FNO3S. The van der Waals surface area contributed by atoms with Crippen molar-refractivity contribution >= 4 is 23.5 Å². The van der Waals surface area contributed by atoms with E-state index in [2.05, 4.69) is 18.2 Å². The van der Waals surface area contributed by atoms with Crippen LogP contribution in [0.3, 0.4) is 0 Å². The molecule has 154 valence electrons. The summed E-state index contributed by atoms with van der Waals surface area (Å²) in [5, 5.41) is 0. The minimum atomic E-state index is -0.462. The summed E-state index contributed by atoms with van der Waals surface area (Å²) in [6.45, 7) is 6.76. The van der Waals surface area contributed by atoms with Gasteiger partial charge in [0.1, 0.15) is 17.7 Å². The third kappa shape index (κ3) is 5.60. The summed E-state index contributed by atoms with van der Waals surface area (Å²) in [5.41, 5.74) is 2.62. The van der Waals surface area contributed by atoms with Crippen molar-refractivity contribution in [2.75, 3.05) is 18.8 Å². The highest BCUT2D eigenvalue weighted by atomic mass is 32.2. The summed E-state index contributed by atoms with van der Waals surface area (Å²) in [6.07, 6.45) is 1.67. The maximum atomic E-state index is 14.1. The SMILES string of the molecule is CC(=O)c1ccc(SCC(=O)N2CCC(Oc3cc(C)ccc3C)CC2)c(F)c1. The summed E-state index contributed by atoms with van der Waals surface area (Å²) in [5.74, 6) is 0.447. The van der Waals surface area contributed by atoms with E-state index in [1.165, 1.54) is 30.3 Å². The Hall–Kier alpha value is -2.34. The number of thioether (sulfide) groups is 1. The van der Waals surface area contributed by atoms with E-state index in [9.17, 15) is 14.0 Å². The van der Waals surface area contributed by atoms with Crippen molar-refractivity contribution in [2.45, 2.75) is 44.6 Å². The van der Waals surface area contributed by atoms with Crippen LogP contribution in [0.25, 0.3) is 0 Å². The maximum Gasteiger partial charge on any atom is 0.232 e. The van der Waals surface area contributed by atoms with Crippen LogP contribution in [0.4, 0.5) is 4.39 Å². The van der Waals surface area contributed by atoms with Crippen LogP contribution in [0.2, 0.25) is 0 Å². The second kappa shape index (κ2) is 9.44. The van der Waals surface area contributed by atoms with Crippen LogP contribution in [0.5, 0.6) is 5.75 Å². The zero-order chi connectivity index (χ0) is 21.0. The second-order valence-electron chi connectivity index (χ2n) is 7.46. The van der Waals surface area contributed by atoms with E-state index in [0.717, 1.165) is 24.2 Å². The molecule has 1 heterocycles. The van der Waals surface area contributed by atoms with Gasteiger partial charge in [-0.2, -0.15) is 0 Å². The van der Waals surface area contributed by atoms with Crippen molar-refractivity contribution in [2.24, 2.45) is 0 Å². The van der Waals surface area contributed by atoms with Crippen LogP contribution >= 0.6 is 11.8 Å². The van der Waals surface area contributed by atoms with Gasteiger partial charge < -0.3 is 9.64 Å². The molecule has 29 heavy (non-hydrogen) atoms. The number of halogens is 1. The topological polar surface area (TPSA) is 46.6 Å². The largest absolute Gasteiger partial charge is 0.490 e. The zero-order valence-electron chi connectivity index (χ0n) is 17.0. The van der Waals surface area contributed by atoms with Gasteiger partial charge in [-0.05, 0) is 50.1 Å². The molecule has 0 unspecified atom stereocenters. The van der Waals surface area contributed by atoms with Crippen LogP contribution in [-0.4, -0.2) is 41.5 Å². The molecule has 0 bridgehead atoms. The average molecular weight is 416 g/mol. The Bertz CT molecular complexity index is 907. The lowest BCUT2D eigenvalue weighted by Gasteiger charge is -2.32. The first-order chi connectivity index (χ1) is 13.8. The minimum absolute atomic E-state index is 0.00442. The fourth-order valence-electron chi connectivity index (χ4n) is 3.30. The fraction of sp³-hybridized carbons (Fsp3) is 0.391. The molecule has 0 aliphatic carbocycles. The molecule has 0 atom stereocenters. The molecule has 0 radical (unpaired) electrons. The highest BCUT2D eigenvalue weighted by Crippen LogP contribution is 2.26. The standard InChI is InChI=1S/C23H26FNO3S/c1-15-4-5-16(2)21(12-15)28-19-8-10-25(11-9-19)23(27)14-29-22-7-6-18(17(3)26)13-20(22)24/h4-7,12-13,19H,8-11,14H2,1-3H3. The summed E-state index contributed by atoms with van der Waals surface area (Å²) >= 11 is 1.17. The lowest BCUT2D eigenvalue weighted by atomic mass is 10.1. The number of ketones is 1. The van der Waals surface area contributed by atoms with Gasteiger partial charge in [0, 0.05) is 36.4 Å². The van der Waals surface area contributed by atoms with Crippen molar-refractivity contribution in [3.63, 3.8) is 0 Å². The minimum Gasteiger partial charge on any atom is -0.490 e. The Morgan fingerprint density at radius 1 is 1.14 bits per heavy atom. The van der Waals surface area contributed by atoms with Crippen LogP contribution in [-0.2, 0) is 4.79 Å². The first kappa shape index (κ1) is 21.4. The third-order valence-electron chi connectivity index (χ3n) is 5.12.